The molecule has 2 aromatic heterocycles. The third-order valence-electron chi connectivity index (χ3n) is 2.42. The van der Waals surface area contributed by atoms with Crippen molar-refractivity contribution in [1.82, 2.24) is 15.0 Å². The maximum atomic E-state index is 13.6. The average molecular weight is 248 g/mol. The van der Waals surface area contributed by atoms with E-state index in [-0.39, 0.29) is 11.5 Å². The van der Waals surface area contributed by atoms with E-state index < -0.39 is 5.82 Å². The van der Waals surface area contributed by atoms with Crippen molar-refractivity contribution < 1.29 is 9.13 Å². The molecule has 0 bridgehead atoms. The minimum Gasteiger partial charge on any atom is -0.481 e. The standard InChI is InChI=1S/C12H13FN4O/c1-7-10(13)12(14-2)17-11(15-7)8-5-4-6-9(16-8)18-3/h4-6H,1-3H3,(H,14,15,17). The number of nitrogens with zero attached hydrogens (tertiary/aromatic N) is 3. The molecule has 0 atom stereocenters. The Morgan fingerprint density at radius 2 is 2.00 bits per heavy atom. The van der Waals surface area contributed by atoms with E-state index in [0.717, 1.165) is 0 Å². The van der Waals surface area contributed by atoms with Crippen LogP contribution >= 0.6 is 0 Å². The van der Waals surface area contributed by atoms with E-state index in [1.165, 1.54) is 7.11 Å². The van der Waals surface area contributed by atoms with Gasteiger partial charge in [-0.15, -0.1) is 0 Å². The predicted octanol–water partition coefficient (Wildman–Crippen LogP) is 2.04. The molecule has 0 spiro atoms. The van der Waals surface area contributed by atoms with Crippen LogP contribution in [-0.4, -0.2) is 29.1 Å². The highest BCUT2D eigenvalue weighted by Crippen LogP contribution is 2.20. The largest absolute Gasteiger partial charge is 0.481 e. The zero-order valence-electron chi connectivity index (χ0n) is 10.4. The normalized spacial score (nSPS) is 10.2. The number of rotatable bonds is 3. The fourth-order valence-electron chi connectivity index (χ4n) is 1.49. The first-order valence-corrected chi connectivity index (χ1v) is 5.39. The van der Waals surface area contributed by atoms with Crippen molar-refractivity contribution in [3.63, 3.8) is 0 Å². The van der Waals surface area contributed by atoms with E-state index in [1.54, 1.807) is 32.2 Å². The minimum absolute atomic E-state index is 0.155. The summed E-state index contributed by atoms with van der Waals surface area (Å²) >= 11 is 0. The van der Waals surface area contributed by atoms with Crippen LogP contribution in [0.25, 0.3) is 11.5 Å². The van der Waals surface area contributed by atoms with Crippen molar-refractivity contribution >= 4 is 5.82 Å². The van der Waals surface area contributed by atoms with Crippen molar-refractivity contribution in [3.8, 4) is 17.4 Å². The summed E-state index contributed by atoms with van der Waals surface area (Å²) in [6.07, 6.45) is 0. The fourth-order valence-corrected chi connectivity index (χ4v) is 1.49. The smallest absolute Gasteiger partial charge is 0.213 e. The summed E-state index contributed by atoms with van der Waals surface area (Å²) in [5.41, 5.74) is 0.808. The minimum atomic E-state index is -0.454. The Balaban J connectivity index is 2.53. The monoisotopic (exact) mass is 248 g/mol. The van der Waals surface area contributed by atoms with Crippen molar-refractivity contribution in [2.75, 3.05) is 19.5 Å². The van der Waals surface area contributed by atoms with Gasteiger partial charge in [0.25, 0.3) is 0 Å². The van der Waals surface area contributed by atoms with Crippen molar-refractivity contribution in [1.29, 1.82) is 0 Å². The Hall–Kier alpha value is -2.24. The zero-order valence-corrected chi connectivity index (χ0v) is 10.4. The Morgan fingerprint density at radius 3 is 2.67 bits per heavy atom. The molecule has 0 aromatic carbocycles. The number of hydrogen-bond acceptors (Lipinski definition) is 5. The highest BCUT2D eigenvalue weighted by atomic mass is 19.1. The van der Waals surface area contributed by atoms with Gasteiger partial charge in [0.05, 0.1) is 12.8 Å². The molecule has 0 radical (unpaired) electrons. The van der Waals surface area contributed by atoms with Crippen LogP contribution in [0.15, 0.2) is 18.2 Å². The first kappa shape index (κ1) is 12.2. The Labute approximate surface area is 104 Å². The summed E-state index contributed by atoms with van der Waals surface area (Å²) in [6, 6.07) is 5.25. The second kappa shape index (κ2) is 4.95. The van der Waals surface area contributed by atoms with E-state index in [9.17, 15) is 4.39 Å². The van der Waals surface area contributed by atoms with Crippen molar-refractivity contribution in [2.45, 2.75) is 6.92 Å². The topological polar surface area (TPSA) is 59.9 Å². The van der Waals surface area contributed by atoms with Gasteiger partial charge in [0.1, 0.15) is 5.69 Å². The van der Waals surface area contributed by atoms with Crippen LogP contribution in [0.2, 0.25) is 0 Å². The van der Waals surface area contributed by atoms with Crippen molar-refractivity contribution in [3.05, 3.63) is 29.7 Å². The van der Waals surface area contributed by atoms with Gasteiger partial charge in [0.15, 0.2) is 17.5 Å². The lowest BCUT2D eigenvalue weighted by Gasteiger charge is -2.07. The van der Waals surface area contributed by atoms with Crippen LogP contribution in [0.5, 0.6) is 5.88 Å². The third kappa shape index (κ3) is 2.22. The summed E-state index contributed by atoms with van der Waals surface area (Å²) in [7, 11) is 3.13. The average Bonchev–Trinajstić information content (AvgIpc) is 2.41. The van der Waals surface area contributed by atoms with Gasteiger partial charge in [0, 0.05) is 13.1 Å². The number of methoxy groups -OCH3 is 1. The number of anilines is 1. The van der Waals surface area contributed by atoms with Crippen LogP contribution in [0.3, 0.4) is 0 Å². The molecule has 2 heterocycles. The maximum Gasteiger partial charge on any atom is 0.213 e. The molecular formula is C12H13FN4O. The van der Waals surface area contributed by atoms with Crippen LogP contribution in [0, 0.1) is 12.7 Å². The van der Waals surface area contributed by atoms with Crippen LogP contribution in [0.4, 0.5) is 10.2 Å². The van der Waals surface area contributed by atoms with E-state index in [1.807, 2.05) is 0 Å². The van der Waals surface area contributed by atoms with Gasteiger partial charge in [-0.1, -0.05) is 6.07 Å². The zero-order chi connectivity index (χ0) is 13.1. The Morgan fingerprint density at radius 1 is 1.22 bits per heavy atom. The molecule has 18 heavy (non-hydrogen) atoms. The predicted molar refractivity (Wildman–Crippen MR) is 66.1 cm³/mol. The Bertz CT molecular complexity index is 574. The molecule has 0 aliphatic carbocycles. The second-order valence-electron chi connectivity index (χ2n) is 3.61. The summed E-state index contributed by atoms with van der Waals surface area (Å²) in [6.45, 7) is 1.58. The highest BCUT2D eigenvalue weighted by molar-refractivity contribution is 5.54. The summed E-state index contributed by atoms with van der Waals surface area (Å²) < 4.78 is 18.6. The van der Waals surface area contributed by atoms with Gasteiger partial charge in [0.2, 0.25) is 5.88 Å². The van der Waals surface area contributed by atoms with Crippen molar-refractivity contribution in [2.24, 2.45) is 0 Å². The summed E-state index contributed by atoms with van der Waals surface area (Å²) in [5, 5.41) is 2.69. The molecule has 6 heteroatoms. The quantitative estimate of drug-likeness (QED) is 0.900. The van der Waals surface area contributed by atoms with Crippen LogP contribution < -0.4 is 10.1 Å². The molecule has 5 nitrogen and oxygen atoms in total. The summed E-state index contributed by atoms with van der Waals surface area (Å²) in [5.74, 6) is 0.521. The molecule has 1 N–H and O–H groups in total. The van der Waals surface area contributed by atoms with E-state index >= 15 is 0 Å². The molecule has 0 aliphatic rings. The number of nitrogens with one attached hydrogen (secondary N) is 1. The number of pyridine rings is 1. The van der Waals surface area contributed by atoms with Gasteiger partial charge in [-0.3, -0.25) is 0 Å². The van der Waals surface area contributed by atoms with E-state index in [2.05, 4.69) is 20.3 Å². The SMILES string of the molecule is CNc1nc(-c2cccc(OC)n2)nc(C)c1F. The number of hydrogen-bond donors (Lipinski definition) is 1. The van der Waals surface area contributed by atoms with Gasteiger partial charge in [-0.25, -0.2) is 19.3 Å². The molecule has 2 aromatic rings. The molecule has 0 saturated heterocycles. The lowest BCUT2D eigenvalue weighted by Crippen LogP contribution is -2.04. The molecule has 0 unspecified atom stereocenters. The molecule has 2 rings (SSSR count). The second-order valence-corrected chi connectivity index (χ2v) is 3.61. The lowest BCUT2D eigenvalue weighted by atomic mass is 10.3. The van der Waals surface area contributed by atoms with E-state index in [0.29, 0.717) is 17.4 Å². The van der Waals surface area contributed by atoms with E-state index in [4.69, 9.17) is 4.74 Å². The van der Waals surface area contributed by atoms with Gasteiger partial charge >= 0.3 is 0 Å². The number of halogens is 1. The third-order valence-corrected chi connectivity index (χ3v) is 2.42. The van der Waals surface area contributed by atoms with Crippen LogP contribution in [-0.2, 0) is 0 Å². The molecular weight excluding hydrogens is 235 g/mol. The maximum absolute atomic E-state index is 13.6. The van der Waals surface area contributed by atoms with Gasteiger partial charge in [-0.05, 0) is 13.0 Å². The number of aromatic nitrogens is 3. The number of ether oxygens (including phenoxy) is 1. The summed E-state index contributed by atoms with van der Waals surface area (Å²) in [4.78, 5) is 12.4. The number of aryl methyl sites for hydroxylation is 1. The van der Waals surface area contributed by atoms with Crippen LogP contribution in [0.1, 0.15) is 5.69 Å². The van der Waals surface area contributed by atoms with Gasteiger partial charge in [-0.2, -0.15) is 0 Å². The molecule has 0 amide bonds. The molecule has 94 valence electrons. The first-order chi connectivity index (χ1) is 8.65. The molecule has 0 aliphatic heterocycles. The Kier molecular flexibility index (Phi) is 3.36. The highest BCUT2D eigenvalue weighted by Gasteiger charge is 2.12. The molecule has 0 saturated carbocycles. The lowest BCUT2D eigenvalue weighted by molar-refractivity contribution is 0.398. The first-order valence-electron chi connectivity index (χ1n) is 5.39. The molecule has 0 fully saturated rings. The fraction of sp³-hybridized carbons (Fsp3) is 0.250. The van der Waals surface area contributed by atoms with Gasteiger partial charge < -0.3 is 10.1 Å².